The molecule has 0 spiro atoms. The Hall–Kier alpha value is -3.78. The van der Waals surface area contributed by atoms with Gasteiger partial charge in [-0.3, -0.25) is 9.59 Å². The van der Waals surface area contributed by atoms with E-state index in [-0.39, 0.29) is 42.5 Å². The number of methoxy groups -OCH3 is 2. The van der Waals surface area contributed by atoms with Crippen molar-refractivity contribution in [3.8, 4) is 28.5 Å². The van der Waals surface area contributed by atoms with Gasteiger partial charge in [0.2, 0.25) is 0 Å². The van der Waals surface area contributed by atoms with Gasteiger partial charge in [0.1, 0.15) is 29.6 Å². The zero-order valence-electron chi connectivity index (χ0n) is 21.1. The summed E-state index contributed by atoms with van der Waals surface area (Å²) >= 11 is 0. The number of ketones is 2. The van der Waals surface area contributed by atoms with Crippen molar-refractivity contribution in [2.75, 3.05) is 20.8 Å². The fraction of sp³-hybridized carbons (Fsp3) is 0.321. The minimum Gasteiger partial charge on any atom is -0.494 e. The fourth-order valence-electron chi connectivity index (χ4n) is 3.48. The van der Waals surface area contributed by atoms with Crippen LogP contribution < -0.4 is 14.2 Å². The molecule has 0 aliphatic heterocycles. The molecule has 0 radical (unpaired) electrons. The van der Waals surface area contributed by atoms with E-state index in [2.05, 4.69) is 4.98 Å². The molecule has 36 heavy (non-hydrogen) atoms. The molecule has 0 unspecified atom stereocenters. The smallest absolute Gasteiger partial charge is 0.181 e. The van der Waals surface area contributed by atoms with Crippen LogP contribution in [0.25, 0.3) is 11.3 Å². The highest BCUT2D eigenvalue weighted by atomic mass is 19.1. The number of benzene rings is 2. The van der Waals surface area contributed by atoms with Gasteiger partial charge in [0.25, 0.3) is 0 Å². The first kappa shape index (κ1) is 26.8. The maximum Gasteiger partial charge on any atom is 0.181 e. The molecule has 2 aromatic carbocycles. The Labute approximate surface area is 209 Å². The number of rotatable bonds is 11. The van der Waals surface area contributed by atoms with Crippen LogP contribution in [0.3, 0.4) is 0 Å². The highest BCUT2D eigenvalue weighted by Crippen LogP contribution is 2.31. The van der Waals surface area contributed by atoms with Gasteiger partial charge in [-0.25, -0.2) is 9.37 Å². The SMILES string of the molecule is COc1cc(C(=O)CCC(=O)c2ccc(OC)c(-c3ccc(F)c(C)c3)n2)ccc1OCC(C)(C)O. The molecule has 3 aromatic rings. The van der Waals surface area contributed by atoms with Gasteiger partial charge in [-0.1, -0.05) is 0 Å². The highest BCUT2D eigenvalue weighted by Gasteiger charge is 2.19. The topological polar surface area (TPSA) is 95.0 Å². The summed E-state index contributed by atoms with van der Waals surface area (Å²) in [4.78, 5) is 30.1. The summed E-state index contributed by atoms with van der Waals surface area (Å²) in [5.41, 5.74) is 1.03. The fourth-order valence-corrected chi connectivity index (χ4v) is 3.48. The molecule has 7 nitrogen and oxygen atoms in total. The minimum absolute atomic E-state index is 0.0233. The van der Waals surface area contributed by atoms with Crippen LogP contribution in [0.15, 0.2) is 48.5 Å². The quantitative estimate of drug-likeness (QED) is 0.365. The van der Waals surface area contributed by atoms with Crippen molar-refractivity contribution in [1.29, 1.82) is 0 Å². The van der Waals surface area contributed by atoms with E-state index in [1.165, 1.54) is 20.3 Å². The first-order chi connectivity index (χ1) is 17.0. The average Bonchev–Trinajstić information content (AvgIpc) is 2.86. The summed E-state index contributed by atoms with van der Waals surface area (Å²) < 4.78 is 30.0. The molecule has 8 heteroatoms. The van der Waals surface area contributed by atoms with Crippen molar-refractivity contribution in [1.82, 2.24) is 4.98 Å². The van der Waals surface area contributed by atoms with Crippen LogP contribution in [0.5, 0.6) is 17.2 Å². The van der Waals surface area contributed by atoms with Gasteiger partial charge in [0, 0.05) is 24.0 Å². The van der Waals surface area contributed by atoms with Gasteiger partial charge in [-0.2, -0.15) is 0 Å². The Morgan fingerprint density at radius 3 is 2.22 bits per heavy atom. The summed E-state index contributed by atoms with van der Waals surface area (Å²) in [6, 6.07) is 12.5. The van der Waals surface area contributed by atoms with Crippen LogP contribution in [0.2, 0.25) is 0 Å². The lowest BCUT2D eigenvalue weighted by molar-refractivity contribution is 0.0276. The van der Waals surface area contributed by atoms with Gasteiger partial charge in [-0.05, 0) is 74.9 Å². The Balaban J connectivity index is 1.73. The molecule has 0 saturated carbocycles. The summed E-state index contributed by atoms with van der Waals surface area (Å²) in [6.45, 7) is 4.94. The van der Waals surface area contributed by atoms with Gasteiger partial charge in [-0.15, -0.1) is 0 Å². The number of aliphatic hydroxyl groups is 1. The second-order valence-corrected chi connectivity index (χ2v) is 9.02. The Morgan fingerprint density at radius 2 is 1.58 bits per heavy atom. The van der Waals surface area contributed by atoms with E-state index in [9.17, 15) is 19.1 Å². The van der Waals surface area contributed by atoms with Gasteiger partial charge in [0.05, 0.1) is 19.8 Å². The number of aryl methyl sites for hydroxylation is 1. The van der Waals surface area contributed by atoms with Crippen molar-refractivity contribution in [2.24, 2.45) is 0 Å². The lowest BCUT2D eigenvalue weighted by atomic mass is 10.0. The molecule has 0 saturated heterocycles. The predicted octanol–water partition coefficient (Wildman–Crippen LogP) is 5.21. The van der Waals surface area contributed by atoms with E-state index in [1.807, 2.05) is 0 Å². The number of ether oxygens (including phenoxy) is 3. The molecule has 1 aromatic heterocycles. The Morgan fingerprint density at radius 1 is 0.917 bits per heavy atom. The van der Waals surface area contributed by atoms with E-state index in [1.54, 1.807) is 63.2 Å². The van der Waals surface area contributed by atoms with Crippen molar-refractivity contribution < 1.29 is 33.3 Å². The number of carbonyl (C=O) groups is 2. The summed E-state index contributed by atoms with van der Waals surface area (Å²) in [5, 5.41) is 9.86. The molecule has 0 aliphatic carbocycles. The van der Waals surface area contributed by atoms with Crippen LogP contribution in [0, 0.1) is 12.7 Å². The van der Waals surface area contributed by atoms with Crippen LogP contribution in [0.1, 0.15) is 53.1 Å². The molecule has 1 heterocycles. The molecule has 0 aliphatic rings. The first-order valence-corrected chi connectivity index (χ1v) is 11.4. The zero-order chi connectivity index (χ0) is 26.5. The van der Waals surface area contributed by atoms with E-state index in [0.717, 1.165) is 0 Å². The number of carbonyl (C=O) groups excluding carboxylic acids is 2. The number of halogens is 1. The van der Waals surface area contributed by atoms with Crippen molar-refractivity contribution in [3.63, 3.8) is 0 Å². The summed E-state index contributed by atoms with van der Waals surface area (Å²) in [7, 11) is 2.95. The number of nitrogens with zero attached hydrogens (tertiary/aromatic N) is 1. The number of pyridine rings is 1. The number of aromatic nitrogens is 1. The zero-order valence-corrected chi connectivity index (χ0v) is 21.1. The third-order valence-corrected chi connectivity index (χ3v) is 5.44. The second kappa shape index (κ2) is 11.3. The molecule has 0 bridgehead atoms. The molecule has 0 atom stereocenters. The van der Waals surface area contributed by atoms with Gasteiger partial charge >= 0.3 is 0 Å². The average molecular weight is 496 g/mol. The van der Waals surface area contributed by atoms with Gasteiger partial charge < -0.3 is 19.3 Å². The van der Waals surface area contributed by atoms with Gasteiger partial charge in [0.15, 0.2) is 23.1 Å². The normalized spacial score (nSPS) is 11.2. The van der Waals surface area contributed by atoms with Crippen molar-refractivity contribution >= 4 is 11.6 Å². The molecule has 1 N–H and O–H groups in total. The first-order valence-electron chi connectivity index (χ1n) is 11.4. The molecule has 3 rings (SSSR count). The van der Waals surface area contributed by atoms with E-state index < -0.39 is 5.60 Å². The molecule has 0 amide bonds. The van der Waals surface area contributed by atoms with Crippen molar-refractivity contribution in [3.05, 3.63) is 71.2 Å². The van der Waals surface area contributed by atoms with E-state index in [0.29, 0.717) is 39.6 Å². The molecule has 0 fully saturated rings. The van der Waals surface area contributed by atoms with Crippen LogP contribution >= 0.6 is 0 Å². The lowest BCUT2D eigenvalue weighted by Gasteiger charge is -2.19. The summed E-state index contributed by atoms with van der Waals surface area (Å²) in [5.74, 6) is 0.331. The third-order valence-electron chi connectivity index (χ3n) is 5.44. The van der Waals surface area contributed by atoms with E-state index in [4.69, 9.17) is 14.2 Å². The summed E-state index contributed by atoms with van der Waals surface area (Å²) in [6.07, 6.45) is -0.0656. The standard InChI is InChI=1S/C28H30FNO6/c1-17-14-19(6-8-20(17)29)27-25(34-4)13-9-21(30-27)23(32)11-10-22(31)18-7-12-24(26(15-18)35-5)36-16-28(2,3)33/h6-9,12-15,33H,10-11,16H2,1-5H3. The maximum absolute atomic E-state index is 13.7. The Bertz CT molecular complexity index is 1270. The minimum atomic E-state index is -1.02. The van der Waals surface area contributed by atoms with Crippen LogP contribution in [-0.2, 0) is 0 Å². The molecular formula is C28H30FNO6. The second-order valence-electron chi connectivity index (χ2n) is 9.02. The van der Waals surface area contributed by atoms with E-state index >= 15 is 0 Å². The third kappa shape index (κ3) is 6.66. The van der Waals surface area contributed by atoms with Crippen molar-refractivity contribution in [2.45, 2.75) is 39.2 Å². The number of hydrogen-bond donors (Lipinski definition) is 1. The van der Waals surface area contributed by atoms with Crippen LogP contribution in [0.4, 0.5) is 4.39 Å². The molecular weight excluding hydrogens is 465 g/mol. The number of hydrogen-bond acceptors (Lipinski definition) is 7. The Kier molecular flexibility index (Phi) is 8.42. The monoisotopic (exact) mass is 495 g/mol. The largest absolute Gasteiger partial charge is 0.494 e. The predicted molar refractivity (Wildman–Crippen MR) is 134 cm³/mol. The highest BCUT2D eigenvalue weighted by molar-refractivity contribution is 6.02. The molecule has 190 valence electrons. The number of Topliss-reactive ketones (excluding diaryl/α,β-unsaturated/α-hetero) is 2. The lowest BCUT2D eigenvalue weighted by Crippen LogP contribution is -2.28. The maximum atomic E-state index is 13.7. The van der Waals surface area contributed by atoms with Crippen LogP contribution in [-0.4, -0.2) is 48.1 Å².